The quantitative estimate of drug-likeness (QED) is 0.111. The molecule has 384 valence electrons. The van der Waals surface area contributed by atoms with Crippen LogP contribution in [0.5, 0.6) is 0 Å². The fourth-order valence-electron chi connectivity index (χ4n) is 8.05. The molecule has 0 aromatic rings. The highest BCUT2D eigenvalue weighted by atomic mass is 16.4. The predicted molar refractivity (Wildman–Crippen MR) is 238 cm³/mol. The first kappa shape index (κ1) is 56.4. The highest BCUT2D eigenvalue weighted by Crippen LogP contribution is 2.24. The molecule has 0 bridgehead atoms. The fraction of sp³-hybridized carbons (Fsp3) is 0.698. The van der Waals surface area contributed by atoms with Crippen LogP contribution in [0.15, 0.2) is 0 Å². The van der Waals surface area contributed by atoms with E-state index in [1.807, 2.05) is 0 Å². The molecule has 0 saturated carbocycles. The maximum atomic E-state index is 14.1. The Labute approximate surface area is 397 Å². The Morgan fingerprint density at radius 2 is 0.971 bits per heavy atom. The molecule has 0 spiro atoms. The number of carbonyl (C=O) groups excluding carboxylic acids is 10. The number of nitrogens with one attached hydrogen (secondary N) is 8. The van der Waals surface area contributed by atoms with Gasteiger partial charge in [0.25, 0.3) is 0 Å². The van der Waals surface area contributed by atoms with Gasteiger partial charge >= 0.3 is 17.9 Å². The smallest absolute Gasteiger partial charge is 0.308 e. The number of hydrogen-bond donors (Lipinski definition) is 11. The van der Waals surface area contributed by atoms with Gasteiger partial charge in [-0.1, -0.05) is 34.6 Å². The molecule has 3 aliphatic heterocycles. The number of rotatable bonds is 8. The molecule has 3 fully saturated rings. The highest BCUT2D eigenvalue weighted by molar-refractivity contribution is 6.00. The predicted octanol–water partition coefficient (Wildman–Crippen LogP) is -3.85. The van der Waals surface area contributed by atoms with Crippen molar-refractivity contribution in [2.45, 2.75) is 142 Å². The number of carbonyl (C=O) groups is 13. The van der Waals surface area contributed by atoms with Crippen molar-refractivity contribution in [3.63, 3.8) is 0 Å². The van der Waals surface area contributed by atoms with E-state index in [2.05, 4.69) is 42.5 Å². The summed E-state index contributed by atoms with van der Waals surface area (Å²) in [6, 6.07) is -11.3. The van der Waals surface area contributed by atoms with Crippen LogP contribution in [0.3, 0.4) is 0 Å². The minimum Gasteiger partial charge on any atom is -0.481 e. The monoisotopic (exact) mass is 978 g/mol. The summed E-state index contributed by atoms with van der Waals surface area (Å²) in [6.07, 6.45) is -0.468. The Balaban J connectivity index is 2.04. The Bertz CT molecular complexity index is 2010. The van der Waals surface area contributed by atoms with E-state index in [4.69, 9.17) is 0 Å². The first-order chi connectivity index (χ1) is 32.2. The molecule has 69 heavy (non-hydrogen) atoms. The molecule has 26 heteroatoms. The molecule has 0 aliphatic carbocycles. The summed E-state index contributed by atoms with van der Waals surface area (Å²) < 4.78 is 0. The van der Waals surface area contributed by atoms with E-state index in [1.54, 1.807) is 34.6 Å². The van der Waals surface area contributed by atoms with Gasteiger partial charge in [0.05, 0.1) is 37.8 Å². The van der Waals surface area contributed by atoms with Crippen LogP contribution >= 0.6 is 0 Å². The van der Waals surface area contributed by atoms with Gasteiger partial charge in [-0.25, -0.2) is 0 Å². The largest absolute Gasteiger partial charge is 0.481 e. The summed E-state index contributed by atoms with van der Waals surface area (Å²) >= 11 is 0. The van der Waals surface area contributed by atoms with Gasteiger partial charge in [-0.2, -0.15) is 0 Å². The number of carboxylic acid groups (broad SMARTS) is 3. The minimum atomic E-state index is -1.99. The lowest BCUT2D eigenvalue weighted by molar-refractivity contribution is -0.150. The number of aliphatic carboxylic acids is 3. The van der Waals surface area contributed by atoms with E-state index in [0.29, 0.717) is 19.3 Å². The van der Waals surface area contributed by atoms with E-state index < -0.39 is 175 Å². The Morgan fingerprint density at radius 3 is 1.49 bits per heavy atom. The van der Waals surface area contributed by atoms with Gasteiger partial charge in [-0.15, -0.1) is 0 Å². The molecule has 3 rings (SSSR count). The molecule has 11 N–H and O–H groups in total. The zero-order valence-electron chi connectivity index (χ0n) is 39.7. The maximum Gasteiger partial charge on any atom is 0.308 e. The third-order valence-electron chi connectivity index (χ3n) is 12.3. The van der Waals surface area contributed by atoms with Crippen LogP contribution in [-0.2, 0) is 62.3 Å². The van der Waals surface area contributed by atoms with Gasteiger partial charge in [0.15, 0.2) is 0 Å². The summed E-state index contributed by atoms with van der Waals surface area (Å²) in [6.45, 7) is 9.06. The van der Waals surface area contributed by atoms with Crippen molar-refractivity contribution in [3.05, 3.63) is 0 Å². The molecule has 0 radical (unpaired) electrons. The summed E-state index contributed by atoms with van der Waals surface area (Å²) in [4.78, 5) is 174. The zero-order valence-corrected chi connectivity index (χ0v) is 39.7. The molecular formula is C43H66N10O16. The van der Waals surface area contributed by atoms with E-state index >= 15 is 0 Å². The van der Waals surface area contributed by atoms with Gasteiger partial charge < -0.3 is 67.7 Å². The molecule has 26 nitrogen and oxygen atoms in total. The van der Waals surface area contributed by atoms with Crippen LogP contribution in [0.25, 0.3) is 0 Å². The highest BCUT2D eigenvalue weighted by Gasteiger charge is 2.43. The summed E-state index contributed by atoms with van der Waals surface area (Å²) in [5.74, 6) is -17.9. The van der Waals surface area contributed by atoms with Crippen molar-refractivity contribution in [3.8, 4) is 0 Å². The van der Waals surface area contributed by atoms with E-state index in [0.717, 1.165) is 6.92 Å². The van der Waals surface area contributed by atoms with E-state index in [9.17, 15) is 77.6 Å². The zero-order chi connectivity index (χ0) is 52.0. The van der Waals surface area contributed by atoms with Crippen molar-refractivity contribution in [2.24, 2.45) is 23.7 Å². The molecule has 3 heterocycles. The van der Waals surface area contributed by atoms with Gasteiger partial charge in [0.1, 0.15) is 42.3 Å². The number of amides is 10. The topological polar surface area (TPSA) is 385 Å². The number of carboxylic acids is 3. The van der Waals surface area contributed by atoms with E-state index in [1.165, 1.54) is 16.7 Å². The average molecular weight is 979 g/mol. The van der Waals surface area contributed by atoms with Crippen molar-refractivity contribution >= 4 is 77.0 Å². The van der Waals surface area contributed by atoms with Crippen molar-refractivity contribution < 1.29 is 77.6 Å². The number of hydrogen-bond acceptors (Lipinski definition) is 13. The van der Waals surface area contributed by atoms with Gasteiger partial charge in [0.2, 0.25) is 59.1 Å². The molecule has 0 aromatic heterocycles. The van der Waals surface area contributed by atoms with Crippen molar-refractivity contribution in [1.82, 2.24) is 52.3 Å². The Hall–Kier alpha value is -6.89. The van der Waals surface area contributed by atoms with Crippen LogP contribution in [-0.4, -0.2) is 177 Å². The molecular weight excluding hydrogens is 913 g/mol. The first-order valence-electron chi connectivity index (χ1n) is 22.9. The normalized spacial score (nSPS) is 28.8. The lowest BCUT2D eigenvalue weighted by Crippen LogP contribution is -2.61. The standard InChI is InChI=1S/C43H66N10O16/c1-19(2)32-39(64)50-33(20(3)4)42(67)53-14-10-12-27(53)37(62)46-23(7)21(5)41(66)52-13-9-8-11-26(52)38(63)51-34(22(6)43(68)69)40(65)48-25(16-31(58)59)36(61)44-17-28(54)47-24(15-30(56)57)35(60)45-18-29(55)49-32/h19-27,32-34H,8-18H2,1-7H3,(H,44,61)(H,45,60)(H,46,62)(H,47,54)(H,48,65)(H,49,55)(H,50,64)(H,51,63)(H,56,57)(H,58,59)(H,68,69)/t21-,22?,23?,24?,25?,26?,27?,32?,33?,34?/m0/s1. The fourth-order valence-corrected chi connectivity index (χ4v) is 8.05. The van der Waals surface area contributed by atoms with Crippen LogP contribution in [0.1, 0.15) is 93.4 Å². The van der Waals surface area contributed by atoms with Gasteiger partial charge in [0, 0.05) is 19.1 Å². The SMILES string of the molecule is CC(C)C1NC(=O)CNC(=O)C(CC(=O)O)NC(=O)CNC(=O)C(CC(=O)O)NC(=O)C(C(C)C(=O)O)NC(=O)C2CCCCN2C(=O)[C@@H](C)C(C)NC(=O)C2CCCN2C(=O)C(C(C)C)NC1=O. The summed E-state index contributed by atoms with van der Waals surface area (Å²) in [7, 11) is 0. The molecule has 10 amide bonds. The van der Waals surface area contributed by atoms with Crippen molar-refractivity contribution in [2.75, 3.05) is 26.2 Å². The van der Waals surface area contributed by atoms with Crippen LogP contribution in [0.4, 0.5) is 0 Å². The molecule has 3 aliphatic rings. The number of piperidine rings is 1. The van der Waals surface area contributed by atoms with Crippen LogP contribution in [0, 0.1) is 23.7 Å². The molecule has 0 aromatic carbocycles. The third kappa shape index (κ3) is 15.8. The Morgan fingerprint density at radius 1 is 0.522 bits per heavy atom. The molecule has 3 saturated heterocycles. The molecule has 10 atom stereocenters. The lowest BCUT2D eigenvalue weighted by atomic mass is 9.94. The summed E-state index contributed by atoms with van der Waals surface area (Å²) in [5.41, 5.74) is 0. The average Bonchev–Trinajstić information content (AvgIpc) is 3.78. The van der Waals surface area contributed by atoms with Gasteiger partial charge in [-0.3, -0.25) is 62.3 Å². The third-order valence-corrected chi connectivity index (χ3v) is 12.3. The van der Waals surface area contributed by atoms with Crippen LogP contribution in [0.2, 0.25) is 0 Å². The second kappa shape index (κ2) is 25.5. The van der Waals surface area contributed by atoms with Gasteiger partial charge in [-0.05, 0) is 57.8 Å². The number of fused-ring (bicyclic) bond motifs is 2. The maximum absolute atomic E-state index is 14.1. The summed E-state index contributed by atoms with van der Waals surface area (Å²) in [5, 5.41) is 47.6. The molecule has 9 unspecified atom stereocenters. The first-order valence-corrected chi connectivity index (χ1v) is 22.9. The Kier molecular flexibility index (Phi) is 20.8. The van der Waals surface area contributed by atoms with Crippen molar-refractivity contribution in [1.29, 1.82) is 0 Å². The number of nitrogens with zero attached hydrogens (tertiary/aromatic N) is 2. The second-order valence-corrected chi connectivity index (χ2v) is 18.3. The lowest BCUT2D eigenvalue weighted by Gasteiger charge is -2.38. The minimum absolute atomic E-state index is 0.0675. The second-order valence-electron chi connectivity index (χ2n) is 18.3. The van der Waals surface area contributed by atoms with Crippen LogP contribution < -0.4 is 42.5 Å². The van der Waals surface area contributed by atoms with E-state index in [-0.39, 0.29) is 25.9 Å².